The standard InChI is InChI=1S/C16H18BrFN2O/c1-4-12-15(17)13(20(5-2)19-12)9-14(21)11-8-6-7-10(3)16(11)18/h6-8H,4-5,9H2,1-3H3. The van der Waals surface area contributed by atoms with Crippen molar-refractivity contribution < 1.29 is 9.18 Å². The Bertz CT molecular complexity index is 679. The first kappa shape index (κ1) is 15.9. The average molecular weight is 353 g/mol. The number of Topliss-reactive ketones (excluding diaryl/α,β-unsaturated/α-hetero) is 1. The second-order valence-corrected chi connectivity index (χ2v) is 5.71. The van der Waals surface area contributed by atoms with Crippen LogP contribution in [0.5, 0.6) is 0 Å². The number of aryl methyl sites for hydroxylation is 3. The van der Waals surface area contributed by atoms with Crippen LogP contribution in [0.3, 0.4) is 0 Å². The molecule has 0 radical (unpaired) electrons. The first-order chi connectivity index (χ1) is 9.99. The van der Waals surface area contributed by atoms with Crippen LogP contribution in [0.4, 0.5) is 4.39 Å². The van der Waals surface area contributed by atoms with E-state index in [4.69, 9.17) is 0 Å². The van der Waals surface area contributed by atoms with Gasteiger partial charge < -0.3 is 0 Å². The SMILES string of the molecule is CCc1nn(CC)c(CC(=O)c2cccc(C)c2F)c1Br. The molecule has 112 valence electrons. The molecular weight excluding hydrogens is 335 g/mol. The summed E-state index contributed by atoms with van der Waals surface area (Å²) in [6, 6.07) is 4.90. The molecule has 0 amide bonds. The van der Waals surface area contributed by atoms with Crippen LogP contribution in [0.25, 0.3) is 0 Å². The van der Waals surface area contributed by atoms with Crippen molar-refractivity contribution in [2.75, 3.05) is 0 Å². The molecule has 1 heterocycles. The first-order valence-corrected chi connectivity index (χ1v) is 7.81. The number of benzene rings is 1. The summed E-state index contributed by atoms with van der Waals surface area (Å²) in [5, 5.41) is 4.46. The molecule has 0 spiro atoms. The molecule has 0 saturated heterocycles. The van der Waals surface area contributed by atoms with E-state index in [-0.39, 0.29) is 17.8 Å². The lowest BCUT2D eigenvalue weighted by Crippen LogP contribution is -2.12. The van der Waals surface area contributed by atoms with Crippen LogP contribution in [-0.2, 0) is 19.4 Å². The molecule has 0 aliphatic carbocycles. The molecule has 2 rings (SSSR count). The summed E-state index contributed by atoms with van der Waals surface area (Å²) >= 11 is 3.51. The van der Waals surface area contributed by atoms with E-state index in [2.05, 4.69) is 21.0 Å². The van der Waals surface area contributed by atoms with Gasteiger partial charge in [0.1, 0.15) is 5.82 Å². The minimum absolute atomic E-state index is 0.141. The van der Waals surface area contributed by atoms with Gasteiger partial charge in [0.2, 0.25) is 0 Å². The molecule has 1 aromatic heterocycles. The summed E-state index contributed by atoms with van der Waals surface area (Å²) in [6.45, 7) is 6.32. The predicted octanol–water partition coefficient (Wildman–Crippen LogP) is 4.10. The van der Waals surface area contributed by atoms with E-state index in [1.807, 2.05) is 13.8 Å². The third-order valence-electron chi connectivity index (χ3n) is 3.51. The van der Waals surface area contributed by atoms with Crippen molar-refractivity contribution in [2.45, 2.75) is 40.2 Å². The fraction of sp³-hybridized carbons (Fsp3) is 0.375. The molecular formula is C16H18BrFN2O. The van der Waals surface area contributed by atoms with Crippen molar-refractivity contribution in [3.8, 4) is 0 Å². The lowest BCUT2D eigenvalue weighted by molar-refractivity contribution is 0.0986. The average Bonchev–Trinajstić information content (AvgIpc) is 2.78. The van der Waals surface area contributed by atoms with E-state index in [1.165, 1.54) is 6.07 Å². The summed E-state index contributed by atoms with van der Waals surface area (Å²) in [4.78, 5) is 12.4. The minimum Gasteiger partial charge on any atom is -0.294 e. The predicted molar refractivity (Wildman–Crippen MR) is 84.2 cm³/mol. The molecule has 21 heavy (non-hydrogen) atoms. The molecule has 5 heteroatoms. The van der Waals surface area contributed by atoms with Gasteiger partial charge >= 0.3 is 0 Å². The fourth-order valence-electron chi connectivity index (χ4n) is 2.30. The van der Waals surface area contributed by atoms with Crippen LogP contribution in [0.1, 0.15) is 41.2 Å². The van der Waals surface area contributed by atoms with Crippen LogP contribution < -0.4 is 0 Å². The van der Waals surface area contributed by atoms with E-state index in [9.17, 15) is 9.18 Å². The van der Waals surface area contributed by atoms with Crippen molar-refractivity contribution in [3.05, 3.63) is 51.0 Å². The summed E-state index contributed by atoms with van der Waals surface area (Å²) < 4.78 is 16.7. The summed E-state index contributed by atoms with van der Waals surface area (Å²) in [7, 11) is 0. The zero-order valence-electron chi connectivity index (χ0n) is 12.4. The normalized spacial score (nSPS) is 10.9. The molecule has 0 bridgehead atoms. The third-order valence-corrected chi connectivity index (χ3v) is 4.43. The quantitative estimate of drug-likeness (QED) is 0.759. The van der Waals surface area contributed by atoms with Gasteiger partial charge in [-0.2, -0.15) is 5.10 Å². The summed E-state index contributed by atoms with van der Waals surface area (Å²) in [5.74, 6) is -0.661. The highest BCUT2D eigenvalue weighted by Gasteiger charge is 2.20. The molecule has 0 unspecified atom stereocenters. The highest BCUT2D eigenvalue weighted by molar-refractivity contribution is 9.10. The Hall–Kier alpha value is -1.49. The Balaban J connectivity index is 2.36. The maximum Gasteiger partial charge on any atom is 0.171 e. The smallest absolute Gasteiger partial charge is 0.171 e. The van der Waals surface area contributed by atoms with Crippen LogP contribution in [0.15, 0.2) is 22.7 Å². The first-order valence-electron chi connectivity index (χ1n) is 7.01. The number of hydrogen-bond acceptors (Lipinski definition) is 2. The lowest BCUT2D eigenvalue weighted by Gasteiger charge is -2.07. The Morgan fingerprint density at radius 1 is 1.38 bits per heavy atom. The topological polar surface area (TPSA) is 34.9 Å². The van der Waals surface area contributed by atoms with Crippen molar-refractivity contribution in [3.63, 3.8) is 0 Å². The van der Waals surface area contributed by atoms with Crippen molar-refractivity contribution in [2.24, 2.45) is 0 Å². The Morgan fingerprint density at radius 2 is 2.10 bits per heavy atom. The van der Waals surface area contributed by atoms with Gasteiger partial charge in [-0.05, 0) is 47.8 Å². The number of carbonyl (C=O) groups excluding carboxylic acids is 1. The molecule has 0 aliphatic rings. The molecule has 0 atom stereocenters. The van der Waals surface area contributed by atoms with Gasteiger partial charge in [-0.3, -0.25) is 9.48 Å². The molecule has 0 N–H and O–H groups in total. The van der Waals surface area contributed by atoms with Crippen LogP contribution in [0, 0.1) is 12.7 Å². The summed E-state index contributed by atoms with van der Waals surface area (Å²) in [6.07, 6.45) is 0.926. The third kappa shape index (κ3) is 3.07. The largest absolute Gasteiger partial charge is 0.294 e. The molecule has 0 saturated carbocycles. The Morgan fingerprint density at radius 3 is 2.71 bits per heavy atom. The van der Waals surface area contributed by atoms with Gasteiger partial charge in [-0.25, -0.2) is 4.39 Å². The van der Waals surface area contributed by atoms with Gasteiger partial charge in [-0.1, -0.05) is 19.1 Å². The molecule has 3 nitrogen and oxygen atoms in total. The van der Waals surface area contributed by atoms with Gasteiger partial charge in [0.25, 0.3) is 0 Å². The maximum atomic E-state index is 14.1. The van der Waals surface area contributed by atoms with E-state index in [0.717, 1.165) is 22.3 Å². The van der Waals surface area contributed by atoms with Gasteiger partial charge in [0, 0.05) is 6.54 Å². The number of nitrogens with zero attached hydrogens (tertiary/aromatic N) is 2. The molecule has 0 aliphatic heterocycles. The van der Waals surface area contributed by atoms with Crippen LogP contribution in [0.2, 0.25) is 0 Å². The Labute approximate surface area is 132 Å². The summed E-state index contributed by atoms with van der Waals surface area (Å²) in [5.41, 5.74) is 2.35. The number of rotatable bonds is 5. The number of carbonyl (C=O) groups is 1. The van der Waals surface area contributed by atoms with Gasteiger partial charge in [0.15, 0.2) is 5.78 Å². The maximum absolute atomic E-state index is 14.1. The number of halogens is 2. The number of aromatic nitrogens is 2. The van der Waals surface area contributed by atoms with Gasteiger partial charge in [-0.15, -0.1) is 0 Å². The van der Waals surface area contributed by atoms with Crippen LogP contribution in [-0.4, -0.2) is 15.6 Å². The second kappa shape index (κ2) is 6.52. The molecule has 2 aromatic rings. The van der Waals surface area contributed by atoms with Crippen molar-refractivity contribution in [1.82, 2.24) is 9.78 Å². The number of hydrogen-bond donors (Lipinski definition) is 0. The van der Waals surface area contributed by atoms with Crippen LogP contribution >= 0.6 is 15.9 Å². The fourth-order valence-corrected chi connectivity index (χ4v) is 3.00. The molecule has 0 fully saturated rings. The van der Waals surface area contributed by atoms with E-state index < -0.39 is 5.82 Å². The zero-order valence-corrected chi connectivity index (χ0v) is 14.0. The van der Waals surface area contributed by atoms with Crippen molar-refractivity contribution in [1.29, 1.82) is 0 Å². The highest BCUT2D eigenvalue weighted by Crippen LogP contribution is 2.24. The van der Waals surface area contributed by atoms with E-state index in [1.54, 1.807) is 23.7 Å². The highest BCUT2D eigenvalue weighted by atomic mass is 79.9. The Kier molecular flexibility index (Phi) is 4.93. The van der Waals surface area contributed by atoms with E-state index >= 15 is 0 Å². The minimum atomic E-state index is -0.433. The van der Waals surface area contributed by atoms with Gasteiger partial charge in [0.05, 0.1) is 27.8 Å². The lowest BCUT2D eigenvalue weighted by atomic mass is 10.0. The van der Waals surface area contributed by atoms with Crippen molar-refractivity contribution >= 4 is 21.7 Å². The zero-order chi connectivity index (χ0) is 15.6. The van der Waals surface area contributed by atoms with E-state index in [0.29, 0.717) is 12.1 Å². The number of ketones is 1. The second-order valence-electron chi connectivity index (χ2n) is 4.91. The molecule has 1 aromatic carbocycles. The monoisotopic (exact) mass is 352 g/mol.